The van der Waals surface area contributed by atoms with Crippen molar-refractivity contribution in [1.29, 1.82) is 0 Å². The van der Waals surface area contributed by atoms with E-state index in [9.17, 15) is 13.2 Å². The van der Waals surface area contributed by atoms with Crippen molar-refractivity contribution in [3.63, 3.8) is 0 Å². The number of nitrogens with zero attached hydrogens (tertiary/aromatic N) is 1. The van der Waals surface area contributed by atoms with Crippen LogP contribution >= 0.6 is 0 Å². The number of Topliss-reactive ketones (excluding diaryl/α,β-unsaturated/α-hetero) is 1. The van der Waals surface area contributed by atoms with E-state index in [1.54, 1.807) is 18.2 Å². The number of hydrogen-bond donors (Lipinski definition) is 1. The van der Waals surface area contributed by atoms with Crippen LogP contribution in [0.2, 0.25) is 0 Å². The molecule has 0 unspecified atom stereocenters. The fraction of sp³-hybridized carbons (Fsp3) is 0.500. The van der Waals surface area contributed by atoms with Crippen molar-refractivity contribution < 1.29 is 13.2 Å². The molecule has 1 aliphatic carbocycles. The van der Waals surface area contributed by atoms with Gasteiger partial charge >= 0.3 is 0 Å². The molecular formula is C14H18N2O3S. The van der Waals surface area contributed by atoms with Crippen LogP contribution in [-0.4, -0.2) is 33.3 Å². The van der Waals surface area contributed by atoms with E-state index in [2.05, 4.69) is 4.72 Å². The van der Waals surface area contributed by atoms with Crippen LogP contribution in [0.5, 0.6) is 0 Å². The summed E-state index contributed by atoms with van der Waals surface area (Å²) in [6, 6.07) is 7.00. The Bertz CT molecular complexity index is 623. The number of anilines is 1. The zero-order valence-electron chi connectivity index (χ0n) is 11.2. The molecule has 5 nitrogen and oxygen atoms in total. The van der Waals surface area contributed by atoms with Gasteiger partial charge in [0.1, 0.15) is 4.90 Å². The normalized spacial score (nSPS) is 20.2. The lowest BCUT2D eigenvalue weighted by Crippen LogP contribution is -2.37. The van der Waals surface area contributed by atoms with Crippen LogP contribution in [0.3, 0.4) is 0 Å². The van der Waals surface area contributed by atoms with Gasteiger partial charge in [0.15, 0.2) is 5.78 Å². The number of rotatable bonds is 4. The maximum Gasteiger partial charge on any atom is 0.242 e. The summed E-state index contributed by atoms with van der Waals surface area (Å²) in [5.41, 5.74) is 0.633. The predicted molar refractivity (Wildman–Crippen MR) is 76.2 cm³/mol. The molecule has 1 saturated carbocycles. The molecule has 0 atom stereocenters. The van der Waals surface area contributed by atoms with Gasteiger partial charge in [-0.3, -0.25) is 4.79 Å². The molecule has 0 aromatic heterocycles. The van der Waals surface area contributed by atoms with Gasteiger partial charge in [0.25, 0.3) is 0 Å². The molecule has 108 valence electrons. The smallest absolute Gasteiger partial charge is 0.242 e. The van der Waals surface area contributed by atoms with Crippen LogP contribution in [0.1, 0.15) is 25.7 Å². The molecule has 6 heteroatoms. The minimum atomic E-state index is -3.50. The van der Waals surface area contributed by atoms with Crippen molar-refractivity contribution in [2.45, 2.75) is 36.6 Å². The highest BCUT2D eigenvalue weighted by molar-refractivity contribution is 7.89. The molecule has 0 spiro atoms. The topological polar surface area (TPSA) is 66.5 Å². The maximum atomic E-state index is 12.4. The van der Waals surface area contributed by atoms with E-state index in [-0.39, 0.29) is 16.7 Å². The van der Waals surface area contributed by atoms with Gasteiger partial charge in [-0.05, 0) is 31.4 Å². The first-order chi connectivity index (χ1) is 9.56. The average Bonchev–Trinajstić information content (AvgIpc) is 3.22. The highest BCUT2D eigenvalue weighted by Crippen LogP contribution is 2.29. The number of para-hydroxylation sites is 1. The van der Waals surface area contributed by atoms with Gasteiger partial charge in [-0.1, -0.05) is 12.1 Å². The number of carbonyl (C=O) groups excluding carboxylic acids is 1. The minimum absolute atomic E-state index is 0.0797. The molecule has 1 heterocycles. The van der Waals surface area contributed by atoms with Crippen molar-refractivity contribution in [3.05, 3.63) is 24.3 Å². The largest absolute Gasteiger partial charge is 0.363 e. The maximum absolute atomic E-state index is 12.4. The summed E-state index contributed by atoms with van der Waals surface area (Å²) in [4.78, 5) is 13.7. The summed E-state index contributed by atoms with van der Waals surface area (Å²) in [5, 5.41) is 0. The molecule has 2 fully saturated rings. The second-order valence-electron chi connectivity index (χ2n) is 5.43. The van der Waals surface area contributed by atoms with Crippen LogP contribution in [0.15, 0.2) is 29.2 Å². The quantitative estimate of drug-likeness (QED) is 0.909. The van der Waals surface area contributed by atoms with Crippen LogP contribution < -0.4 is 9.62 Å². The van der Waals surface area contributed by atoms with Crippen LogP contribution in [0.25, 0.3) is 0 Å². The van der Waals surface area contributed by atoms with E-state index in [0.29, 0.717) is 18.7 Å². The van der Waals surface area contributed by atoms with Crippen LogP contribution in [0, 0.1) is 0 Å². The van der Waals surface area contributed by atoms with E-state index < -0.39 is 10.0 Å². The Labute approximate surface area is 119 Å². The minimum Gasteiger partial charge on any atom is -0.363 e. The lowest BCUT2D eigenvalue weighted by Gasteiger charge is -2.29. The molecule has 1 saturated heterocycles. The predicted octanol–water partition coefficient (Wildman–Crippen LogP) is 1.30. The second kappa shape index (κ2) is 5.18. The highest BCUT2D eigenvalue weighted by atomic mass is 32.2. The summed E-state index contributed by atoms with van der Waals surface area (Å²) >= 11 is 0. The molecule has 3 rings (SSSR count). The highest BCUT2D eigenvalue weighted by Gasteiger charge is 2.30. The number of nitrogens with one attached hydrogen (secondary N) is 1. The zero-order chi connectivity index (χ0) is 14.2. The SMILES string of the molecule is O=C1CCCN(c2ccccc2S(=O)(=O)NC2CC2)C1. The molecule has 2 aliphatic rings. The third-order valence-electron chi connectivity index (χ3n) is 3.65. The Balaban J connectivity index is 1.93. The number of ketones is 1. The zero-order valence-corrected chi connectivity index (χ0v) is 12.0. The second-order valence-corrected chi connectivity index (χ2v) is 7.11. The molecule has 1 aromatic rings. The summed E-state index contributed by atoms with van der Waals surface area (Å²) in [7, 11) is -3.50. The van der Waals surface area contributed by atoms with Gasteiger partial charge in [0.2, 0.25) is 10.0 Å². The molecule has 0 amide bonds. The van der Waals surface area contributed by atoms with E-state index in [4.69, 9.17) is 0 Å². The molecule has 1 aliphatic heterocycles. The standard InChI is InChI=1S/C14H18N2O3S/c17-12-4-3-9-16(10-12)13-5-1-2-6-14(13)20(18,19)15-11-7-8-11/h1-2,5-6,11,15H,3-4,7-10H2. The number of hydrogen-bond acceptors (Lipinski definition) is 4. The first-order valence-electron chi connectivity index (χ1n) is 6.94. The van der Waals surface area contributed by atoms with E-state index in [1.807, 2.05) is 11.0 Å². The molecule has 0 radical (unpaired) electrons. The number of piperidine rings is 1. The van der Waals surface area contributed by atoms with Crippen molar-refractivity contribution in [3.8, 4) is 0 Å². The van der Waals surface area contributed by atoms with Gasteiger partial charge in [-0.15, -0.1) is 0 Å². The van der Waals surface area contributed by atoms with Crippen molar-refractivity contribution in [2.75, 3.05) is 18.0 Å². The van der Waals surface area contributed by atoms with Gasteiger partial charge in [-0.2, -0.15) is 0 Å². The number of sulfonamides is 1. The third kappa shape index (κ3) is 2.86. The van der Waals surface area contributed by atoms with Gasteiger partial charge < -0.3 is 4.90 Å². The summed E-state index contributed by atoms with van der Waals surface area (Å²) in [6.07, 6.45) is 3.18. The molecular weight excluding hydrogens is 276 g/mol. The fourth-order valence-electron chi connectivity index (χ4n) is 2.47. The summed E-state index contributed by atoms with van der Waals surface area (Å²) < 4.78 is 27.5. The van der Waals surface area contributed by atoms with E-state index >= 15 is 0 Å². The third-order valence-corrected chi connectivity index (χ3v) is 5.21. The molecule has 20 heavy (non-hydrogen) atoms. The first kappa shape index (κ1) is 13.6. The van der Waals surface area contributed by atoms with Gasteiger partial charge in [-0.25, -0.2) is 13.1 Å². The Hall–Kier alpha value is -1.40. The molecule has 1 N–H and O–H groups in total. The fourth-order valence-corrected chi connectivity index (χ4v) is 4.01. The lowest BCUT2D eigenvalue weighted by molar-refractivity contribution is -0.118. The van der Waals surface area contributed by atoms with E-state index in [1.165, 1.54) is 0 Å². The molecule has 0 bridgehead atoms. The Morgan fingerprint density at radius 3 is 2.65 bits per heavy atom. The van der Waals surface area contributed by atoms with Crippen LogP contribution in [-0.2, 0) is 14.8 Å². The number of carbonyl (C=O) groups is 1. The van der Waals surface area contributed by atoms with Gasteiger partial charge in [0.05, 0.1) is 12.2 Å². The summed E-state index contributed by atoms with van der Waals surface area (Å²) in [6.45, 7) is 1.03. The van der Waals surface area contributed by atoms with Crippen molar-refractivity contribution in [1.82, 2.24) is 4.72 Å². The van der Waals surface area contributed by atoms with Crippen molar-refractivity contribution in [2.24, 2.45) is 0 Å². The average molecular weight is 294 g/mol. The monoisotopic (exact) mass is 294 g/mol. The Morgan fingerprint density at radius 2 is 1.95 bits per heavy atom. The summed E-state index contributed by atoms with van der Waals surface area (Å²) in [5.74, 6) is 0.165. The van der Waals surface area contributed by atoms with Crippen LogP contribution in [0.4, 0.5) is 5.69 Å². The van der Waals surface area contributed by atoms with E-state index in [0.717, 1.165) is 25.8 Å². The number of benzene rings is 1. The lowest BCUT2D eigenvalue weighted by atomic mass is 10.1. The van der Waals surface area contributed by atoms with Gasteiger partial charge in [0, 0.05) is 19.0 Å². The van der Waals surface area contributed by atoms with Crippen molar-refractivity contribution >= 4 is 21.5 Å². The first-order valence-corrected chi connectivity index (χ1v) is 8.42. The molecule has 1 aromatic carbocycles. The Kier molecular flexibility index (Phi) is 3.52. The Morgan fingerprint density at radius 1 is 1.20 bits per heavy atom.